The van der Waals surface area contributed by atoms with Gasteiger partial charge in [0.15, 0.2) is 0 Å². The van der Waals surface area contributed by atoms with Gasteiger partial charge in [-0.2, -0.15) is 0 Å². The van der Waals surface area contributed by atoms with Crippen molar-refractivity contribution in [2.45, 2.75) is 12.8 Å². The Hall–Kier alpha value is -1.68. The Balaban J connectivity index is 1.75. The summed E-state index contributed by atoms with van der Waals surface area (Å²) in [6.45, 7) is 1.19. The summed E-state index contributed by atoms with van der Waals surface area (Å²) in [4.78, 5) is 23.9. The van der Waals surface area contributed by atoms with Crippen LogP contribution in [0.3, 0.4) is 0 Å². The summed E-state index contributed by atoms with van der Waals surface area (Å²) in [5.74, 6) is -0.887. The zero-order valence-corrected chi connectivity index (χ0v) is 9.59. The Morgan fingerprint density at radius 1 is 1.06 bits per heavy atom. The first-order valence-corrected chi connectivity index (χ1v) is 5.74. The fraction of sp³-hybridized carbons (Fsp3) is 0.385. The second-order valence-electron chi connectivity index (χ2n) is 4.15. The van der Waals surface area contributed by atoms with Crippen molar-refractivity contribution in [3.8, 4) is 0 Å². The van der Waals surface area contributed by atoms with Crippen LogP contribution in [0.15, 0.2) is 30.3 Å². The fourth-order valence-electron chi connectivity index (χ4n) is 1.92. The van der Waals surface area contributed by atoms with Crippen LogP contribution < -0.4 is 0 Å². The lowest BCUT2D eigenvalue weighted by Gasteiger charge is -2.23. The van der Waals surface area contributed by atoms with Crippen molar-refractivity contribution >= 4 is 11.9 Å². The monoisotopic (exact) mass is 233 g/mol. The van der Waals surface area contributed by atoms with Crippen molar-refractivity contribution in [1.29, 1.82) is 0 Å². The lowest BCUT2D eigenvalue weighted by molar-refractivity contribution is -0.166. The van der Waals surface area contributed by atoms with Crippen molar-refractivity contribution in [1.82, 2.24) is 4.90 Å². The van der Waals surface area contributed by atoms with E-state index in [0.29, 0.717) is 0 Å². The van der Waals surface area contributed by atoms with Crippen LogP contribution in [0.25, 0.3) is 0 Å². The van der Waals surface area contributed by atoms with E-state index in [9.17, 15) is 9.59 Å². The number of hydrogen-bond acceptors (Lipinski definition) is 4. The Bertz CT molecular complexity index is 386. The molecule has 0 amide bonds. The molecule has 90 valence electrons. The molecule has 1 fully saturated rings. The number of cyclic esters (lactones) is 2. The van der Waals surface area contributed by atoms with Gasteiger partial charge in [-0.3, -0.25) is 14.5 Å². The SMILES string of the molecule is O=C1CN(CCCc2ccccc2)CC(=O)O1. The molecule has 0 saturated carbocycles. The first kappa shape index (κ1) is 11.8. The number of benzene rings is 1. The minimum atomic E-state index is -0.444. The first-order chi connectivity index (χ1) is 8.24. The van der Waals surface area contributed by atoms with Gasteiger partial charge in [-0.05, 0) is 24.9 Å². The molecule has 0 radical (unpaired) electrons. The van der Waals surface area contributed by atoms with Crippen LogP contribution in [-0.2, 0) is 20.7 Å². The molecule has 0 aliphatic carbocycles. The maximum absolute atomic E-state index is 11.0. The second-order valence-corrected chi connectivity index (χ2v) is 4.15. The maximum atomic E-state index is 11.0. The van der Waals surface area contributed by atoms with Crippen LogP contribution in [-0.4, -0.2) is 36.5 Å². The molecule has 1 aliphatic heterocycles. The largest absolute Gasteiger partial charge is 0.391 e. The maximum Gasteiger partial charge on any atom is 0.327 e. The highest BCUT2D eigenvalue weighted by molar-refractivity contribution is 5.90. The number of nitrogens with zero attached hydrogens (tertiary/aromatic N) is 1. The summed E-state index contributed by atoms with van der Waals surface area (Å²) in [5, 5.41) is 0. The lowest BCUT2D eigenvalue weighted by atomic mass is 10.1. The van der Waals surface area contributed by atoms with E-state index < -0.39 is 11.9 Å². The quantitative estimate of drug-likeness (QED) is 0.575. The van der Waals surface area contributed by atoms with E-state index >= 15 is 0 Å². The molecule has 17 heavy (non-hydrogen) atoms. The normalized spacial score (nSPS) is 16.9. The number of aryl methyl sites for hydroxylation is 1. The molecule has 1 aromatic carbocycles. The number of rotatable bonds is 4. The van der Waals surface area contributed by atoms with Gasteiger partial charge >= 0.3 is 11.9 Å². The Morgan fingerprint density at radius 3 is 2.35 bits per heavy atom. The second kappa shape index (κ2) is 5.59. The van der Waals surface area contributed by atoms with E-state index in [4.69, 9.17) is 0 Å². The van der Waals surface area contributed by atoms with Gasteiger partial charge in [0, 0.05) is 0 Å². The van der Waals surface area contributed by atoms with Crippen LogP contribution in [0.2, 0.25) is 0 Å². The molecule has 1 heterocycles. The van der Waals surface area contributed by atoms with Gasteiger partial charge in [-0.25, -0.2) is 0 Å². The highest BCUT2D eigenvalue weighted by atomic mass is 16.6. The number of carbonyl (C=O) groups is 2. The van der Waals surface area contributed by atoms with Crippen LogP contribution in [0, 0.1) is 0 Å². The summed E-state index contributed by atoms with van der Waals surface area (Å²) in [6, 6.07) is 10.2. The van der Waals surface area contributed by atoms with Gasteiger partial charge in [0.25, 0.3) is 0 Å². The molecule has 0 bridgehead atoms. The molecular formula is C13H15NO3. The average molecular weight is 233 g/mol. The molecule has 0 atom stereocenters. The zero-order chi connectivity index (χ0) is 12.1. The number of ether oxygens (including phenoxy) is 1. The van der Waals surface area contributed by atoms with Crippen molar-refractivity contribution in [2.75, 3.05) is 19.6 Å². The van der Waals surface area contributed by atoms with Gasteiger partial charge in [0.05, 0.1) is 13.1 Å². The number of esters is 2. The smallest absolute Gasteiger partial charge is 0.327 e. The molecule has 4 nitrogen and oxygen atoms in total. The van der Waals surface area contributed by atoms with Crippen molar-refractivity contribution in [2.24, 2.45) is 0 Å². The Labute approximate surface area is 100 Å². The van der Waals surface area contributed by atoms with E-state index in [0.717, 1.165) is 19.4 Å². The molecule has 1 aromatic rings. The summed E-state index contributed by atoms with van der Waals surface area (Å²) in [7, 11) is 0. The molecular weight excluding hydrogens is 218 g/mol. The van der Waals surface area contributed by atoms with E-state index in [1.165, 1.54) is 5.56 Å². The van der Waals surface area contributed by atoms with Gasteiger partial charge in [0.2, 0.25) is 0 Å². The number of hydrogen-bond donors (Lipinski definition) is 0. The third kappa shape index (κ3) is 3.67. The van der Waals surface area contributed by atoms with Crippen LogP contribution in [0.1, 0.15) is 12.0 Å². The van der Waals surface area contributed by atoms with E-state index in [2.05, 4.69) is 16.9 Å². The first-order valence-electron chi connectivity index (χ1n) is 5.74. The number of carbonyl (C=O) groups excluding carboxylic acids is 2. The standard InChI is InChI=1S/C13H15NO3/c15-12-9-14(10-13(16)17-12)8-4-7-11-5-2-1-3-6-11/h1-3,5-6H,4,7-10H2. The third-order valence-electron chi connectivity index (χ3n) is 2.72. The van der Waals surface area contributed by atoms with Crippen molar-refractivity contribution < 1.29 is 14.3 Å². The summed E-state index contributed by atoms with van der Waals surface area (Å²) in [6.07, 6.45) is 1.89. The van der Waals surface area contributed by atoms with Gasteiger partial charge in [-0.1, -0.05) is 30.3 Å². The highest BCUT2D eigenvalue weighted by Crippen LogP contribution is 2.05. The summed E-state index contributed by atoms with van der Waals surface area (Å²) < 4.78 is 4.46. The Morgan fingerprint density at radius 2 is 1.71 bits per heavy atom. The molecule has 1 saturated heterocycles. The van der Waals surface area contributed by atoms with Gasteiger partial charge in [0.1, 0.15) is 0 Å². The molecule has 0 aromatic heterocycles. The Kier molecular flexibility index (Phi) is 3.88. The minimum absolute atomic E-state index is 0.223. The highest BCUT2D eigenvalue weighted by Gasteiger charge is 2.23. The minimum Gasteiger partial charge on any atom is -0.391 e. The third-order valence-corrected chi connectivity index (χ3v) is 2.72. The molecule has 1 aliphatic rings. The van der Waals surface area contributed by atoms with E-state index in [-0.39, 0.29) is 13.1 Å². The van der Waals surface area contributed by atoms with Crippen LogP contribution in [0.4, 0.5) is 0 Å². The van der Waals surface area contributed by atoms with Crippen molar-refractivity contribution in [3.05, 3.63) is 35.9 Å². The molecule has 0 N–H and O–H groups in total. The molecule has 0 spiro atoms. The average Bonchev–Trinajstić information content (AvgIpc) is 2.29. The molecule has 4 heteroatoms. The van der Waals surface area contributed by atoms with E-state index in [1.807, 2.05) is 23.1 Å². The van der Waals surface area contributed by atoms with Crippen LogP contribution in [0.5, 0.6) is 0 Å². The van der Waals surface area contributed by atoms with E-state index in [1.54, 1.807) is 0 Å². The van der Waals surface area contributed by atoms with Gasteiger partial charge < -0.3 is 4.74 Å². The predicted molar refractivity (Wildman–Crippen MR) is 62.3 cm³/mol. The summed E-state index contributed by atoms with van der Waals surface area (Å²) >= 11 is 0. The topological polar surface area (TPSA) is 46.6 Å². The zero-order valence-electron chi connectivity index (χ0n) is 9.59. The predicted octanol–water partition coefficient (Wildman–Crippen LogP) is 1.00. The van der Waals surface area contributed by atoms with Crippen LogP contribution >= 0.6 is 0 Å². The van der Waals surface area contributed by atoms with Gasteiger partial charge in [-0.15, -0.1) is 0 Å². The lowest BCUT2D eigenvalue weighted by Crippen LogP contribution is -2.43. The fourth-order valence-corrected chi connectivity index (χ4v) is 1.92. The molecule has 0 unspecified atom stereocenters. The summed E-state index contributed by atoms with van der Waals surface area (Å²) in [5.41, 5.74) is 1.28. The number of morpholine rings is 1. The molecule has 2 rings (SSSR count). The van der Waals surface area contributed by atoms with Crippen molar-refractivity contribution in [3.63, 3.8) is 0 Å².